The van der Waals surface area contributed by atoms with Gasteiger partial charge in [-0.05, 0) is 31.0 Å². The van der Waals surface area contributed by atoms with E-state index in [0.29, 0.717) is 18.2 Å². The Bertz CT molecular complexity index is 943. The van der Waals surface area contributed by atoms with Crippen LogP contribution in [0.4, 0.5) is 5.69 Å². The summed E-state index contributed by atoms with van der Waals surface area (Å²) in [5, 5.41) is 2.79. The predicted molar refractivity (Wildman–Crippen MR) is 109 cm³/mol. The predicted octanol–water partition coefficient (Wildman–Crippen LogP) is 1.91. The Hall–Kier alpha value is -3.49. The number of nitrogens with one attached hydrogen (secondary N) is 1. The molecule has 0 saturated carbocycles. The zero-order chi connectivity index (χ0) is 21.0. The lowest BCUT2D eigenvalue weighted by Crippen LogP contribution is -2.47. The lowest BCUT2D eigenvalue weighted by atomic mass is 9.87. The summed E-state index contributed by atoms with van der Waals surface area (Å²) in [6.07, 6.45) is 3.83. The quantitative estimate of drug-likeness (QED) is 0.769. The van der Waals surface area contributed by atoms with Gasteiger partial charge in [-0.1, -0.05) is 19.1 Å². The molecule has 2 heterocycles. The molecular formula is C20H24N6O3. The largest absolute Gasteiger partial charge is 0.477 e. The molecule has 3 rings (SSSR count). The van der Waals surface area contributed by atoms with E-state index in [0.717, 1.165) is 12.0 Å². The van der Waals surface area contributed by atoms with E-state index in [2.05, 4.69) is 20.3 Å². The van der Waals surface area contributed by atoms with Gasteiger partial charge in [-0.25, -0.2) is 15.0 Å². The Balaban J connectivity index is 1.76. The molecule has 2 aromatic rings. The number of rotatable bonds is 6. The Kier molecular flexibility index (Phi) is 5.76. The van der Waals surface area contributed by atoms with Gasteiger partial charge in [0.1, 0.15) is 5.69 Å². The number of amides is 2. The van der Waals surface area contributed by atoms with E-state index in [1.165, 1.54) is 17.3 Å². The number of hydrogen-bond donors (Lipinski definition) is 2. The van der Waals surface area contributed by atoms with Crippen molar-refractivity contribution >= 4 is 23.5 Å². The number of aliphatic imine (C=N–C) groups is 1. The highest BCUT2D eigenvalue weighted by Gasteiger charge is 2.36. The number of carbonyl (C=O) groups excluding carboxylic acids is 2. The van der Waals surface area contributed by atoms with E-state index in [1.807, 2.05) is 19.9 Å². The third kappa shape index (κ3) is 4.50. The second kappa shape index (κ2) is 8.26. The van der Waals surface area contributed by atoms with Crippen LogP contribution in [0.25, 0.3) is 0 Å². The SMILES string of the molecule is CCCOc1cnc(C(=O)Nc2cccc(C3(C)CC(=O)N(C)C(N)=N3)c2)cn1. The maximum absolute atomic E-state index is 12.5. The molecular weight excluding hydrogens is 372 g/mol. The Labute approximate surface area is 169 Å². The van der Waals surface area contributed by atoms with Gasteiger partial charge < -0.3 is 15.8 Å². The number of nitrogens with two attached hydrogens (primary N) is 1. The molecule has 29 heavy (non-hydrogen) atoms. The normalized spacial score (nSPS) is 18.9. The van der Waals surface area contributed by atoms with Crippen molar-refractivity contribution in [2.24, 2.45) is 10.7 Å². The number of ether oxygens (including phenoxy) is 1. The highest BCUT2D eigenvalue weighted by atomic mass is 16.5. The van der Waals surface area contributed by atoms with Crippen LogP contribution < -0.4 is 15.8 Å². The molecule has 3 N–H and O–H groups in total. The number of anilines is 1. The summed E-state index contributed by atoms with van der Waals surface area (Å²) in [5.41, 5.74) is 6.58. The van der Waals surface area contributed by atoms with E-state index in [4.69, 9.17) is 10.5 Å². The van der Waals surface area contributed by atoms with E-state index < -0.39 is 11.4 Å². The summed E-state index contributed by atoms with van der Waals surface area (Å²) < 4.78 is 5.37. The average Bonchev–Trinajstić information content (AvgIpc) is 2.71. The average molecular weight is 396 g/mol. The van der Waals surface area contributed by atoms with Gasteiger partial charge in [-0.3, -0.25) is 14.5 Å². The van der Waals surface area contributed by atoms with Gasteiger partial charge in [-0.2, -0.15) is 0 Å². The maximum Gasteiger partial charge on any atom is 0.275 e. The molecule has 1 aromatic heterocycles. The van der Waals surface area contributed by atoms with Gasteiger partial charge in [0.05, 0.1) is 31.0 Å². The molecule has 0 radical (unpaired) electrons. The molecule has 0 aliphatic carbocycles. The molecule has 9 nitrogen and oxygen atoms in total. The number of benzene rings is 1. The third-order valence-corrected chi connectivity index (χ3v) is 4.63. The molecule has 2 amide bonds. The number of guanidine groups is 1. The van der Waals surface area contributed by atoms with Crippen molar-refractivity contribution in [3.63, 3.8) is 0 Å². The van der Waals surface area contributed by atoms with Crippen LogP contribution in [0.3, 0.4) is 0 Å². The second-order valence-corrected chi connectivity index (χ2v) is 7.00. The third-order valence-electron chi connectivity index (χ3n) is 4.63. The van der Waals surface area contributed by atoms with E-state index >= 15 is 0 Å². The van der Waals surface area contributed by atoms with E-state index in [1.54, 1.807) is 25.2 Å². The van der Waals surface area contributed by atoms with Crippen molar-refractivity contribution in [1.82, 2.24) is 14.9 Å². The molecule has 1 unspecified atom stereocenters. The zero-order valence-electron chi connectivity index (χ0n) is 16.7. The topological polar surface area (TPSA) is 123 Å². The lowest BCUT2D eigenvalue weighted by molar-refractivity contribution is -0.128. The van der Waals surface area contributed by atoms with Crippen LogP contribution in [-0.4, -0.2) is 46.3 Å². The van der Waals surface area contributed by atoms with E-state index in [-0.39, 0.29) is 24.0 Å². The lowest BCUT2D eigenvalue weighted by Gasteiger charge is -2.33. The van der Waals surface area contributed by atoms with Crippen molar-refractivity contribution in [2.75, 3.05) is 19.0 Å². The van der Waals surface area contributed by atoms with Crippen LogP contribution in [0, 0.1) is 0 Å². The van der Waals surface area contributed by atoms with Crippen molar-refractivity contribution in [1.29, 1.82) is 0 Å². The van der Waals surface area contributed by atoms with Crippen LogP contribution in [0.1, 0.15) is 42.7 Å². The fourth-order valence-corrected chi connectivity index (χ4v) is 2.92. The first-order valence-electron chi connectivity index (χ1n) is 9.31. The summed E-state index contributed by atoms with van der Waals surface area (Å²) in [4.78, 5) is 38.7. The van der Waals surface area contributed by atoms with E-state index in [9.17, 15) is 9.59 Å². The first-order valence-corrected chi connectivity index (χ1v) is 9.31. The summed E-state index contributed by atoms with van der Waals surface area (Å²) in [6, 6.07) is 7.17. The van der Waals surface area contributed by atoms with Gasteiger partial charge in [0.15, 0.2) is 5.96 Å². The van der Waals surface area contributed by atoms with Crippen LogP contribution in [0.5, 0.6) is 5.88 Å². The fraction of sp³-hybridized carbons (Fsp3) is 0.350. The van der Waals surface area contributed by atoms with Gasteiger partial charge >= 0.3 is 0 Å². The molecule has 9 heteroatoms. The van der Waals surface area contributed by atoms with Gasteiger partial charge in [0.25, 0.3) is 5.91 Å². The highest BCUT2D eigenvalue weighted by molar-refractivity contribution is 6.03. The number of hydrogen-bond acceptors (Lipinski definition) is 7. The molecule has 1 aliphatic heterocycles. The monoisotopic (exact) mass is 396 g/mol. The standard InChI is InChI=1S/C20H24N6O3/c1-4-8-29-16-12-22-15(11-23-16)18(28)24-14-7-5-6-13(9-14)20(2)10-17(27)26(3)19(21)25-20/h5-7,9,11-12H,4,8,10H2,1-3H3,(H2,21,25)(H,24,28). The number of aromatic nitrogens is 2. The van der Waals surface area contributed by atoms with Crippen molar-refractivity contribution < 1.29 is 14.3 Å². The van der Waals surface area contributed by atoms with Crippen LogP contribution >= 0.6 is 0 Å². The summed E-state index contributed by atoms with van der Waals surface area (Å²) in [7, 11) is 1.59. The minimum Gasteiger partial charge on any atom is -0.477 e. The van der Waals surface area contributed by atoms with Crippen molar-refractivity contribution in [3.8, 4) is 5.88 Å². The Morgan fingerprint density at radius 1 is 1.34 bits per heavy atom. The Morgan fingerprint density at radius 2 is 2.14 bits per heavy atom. The summed E-state index contributed by atoms with van der Waals surface area (Å²) >= 11 is 0. The molecule has 0 spiro atoms. The van der Waals surface area contributed by atoms with Gasteiger partial charge in [-0.15, -0.1) is 0 Å². The molecule has 0 saturated heterocycles. The first-order chi connectivity index (χ1) is 13.8. The fourth-order valence-electron chi connectivity index (χ4n) is 2.92. The highest BCUT2D eigenvalue weighted by Crippen LogP contribution is 2.34. The summed E-state index contributed by atoms with van der Waals surface area (Å²) in [5.74, 6) is 0.0268. The molecule has 0 fully saturated rings. The molecule has 0 bridgehead atoms. The van der Waals surface area contributed by atoms with Gasteiger partial charge in [0.2, 0.25) is 11.8 Å². The van der Waals surface area contributed by atoms with Crippen molar-refractivity contribution in [2.45, 2.75) is 32.2 Å². The first kappa shape index (κ1) is 20.2. The second-order valence-electron chi connectivity index (χ2n) is 7.00. The van der Waals surface area contributed by atoms with Crippen LogP contribution in [0.2, 0.25) is 0 Å². The zero-order valence-corrected chi connectivity index (χ0v) is 16.7. The molecule has 1 aromatic carbocycles. The minimum absolute atomic E-state index is 0.116. The molecule has 152 valence electrons. The maximum atomic E-state index is 12.5. The van der Waals surface area contributed by atoms with Crippen molar-refractivity contribution in [3.05, 3.63) is 47.9 Å². The minimum atomic E-state index is -0.799. The summed E-state index contributed by atoms with van der Waals surface area (Å²) in [6.45, 7) is 4.37. The Morgan fingerprint density at radius 3 is 2.79 bits per heavy atom. The van der Waals surface area contributed by atoms with Crippen LogP contribution in [-0.2, 0) is 10.3 Å². The van der Waals surface area contributed by atoms with Crippen LogP contribution in [0.15, 0.2) is 41.7 Å². The number of nitrogens with zero attached hydrogens (tertiary/aromatic N) is 4. The smallest absolute Gasteiger partial charge is 0.275 e. The van der Waals surface area contributed by atoms with Gasteiger partial charge in [0, 0.05) is 12.7 Å². The number of carbonyl (C=O) groups is 2. The molecule has 1 atom stereocenters. The molecule has 1 aliphatic rings.